The van der Waals surface area contributed by atoms with Gasteiger partial charge >= 0.3 is 5.97 Å². The summed E-state index contributed by atoms with van der Waals surface area (Å²) in [6, 6.07) is 8.24. The van der Waals surface area contributed by atoms with E-state index in [-0.39, 0.29) is 11.9 Å². The molecule has 16 heavy (non-hydrogen) atoms. The first-order valence-corrected chi connectivity index (χ1v) is 5.62. The Kier molecular flexibility index (Phi) is 3.13. The largest absolute Gasteiger partial charge is 0.469 e. The number of esters is 1. The van der Waals surface area contributed by atoms with Crippen LogP contribution in [0.15, 0.2) is 24.3 Å². The van der Waals surface area contributed by atoms with Gasteiger partial charge in [-0.25, -0.2) is 0 Å². The smallest absolute Gasteiger partial charge is 0.308 e. The number of ether oxygens (including phenoxy) is 1. The summed E-state index contributed by atoms with van der Waals surface area (Å²) in [7, 11) is 1.45. The van der Waals surface area contributed by atoms with E-state index < -0.39 is 0 Å². The minimum atomic E-state index is -0.119. The highest BCUT2D eigenvalue weighted by molar-refractivity contribution is 5.72. The van der Waals surface area contributed by atoms with Gasteiger partial charge in [0, 0.05) is 12.2 Å². The van der Waals surface area contributed by atoms with Crippen molar-refractivity contribution in [2.45, 2.75) is 13.3 Å². The molecule has 0 spiro atoms. The zero-order chi connectivity index (χ0) is 11.5. The van der Waals surface area contributed by atoms with E-state index in [1.807, 2.05) is 19.1 Å². The van der Waals surface area contributed by atoms with Crippen molar-refractivity contribution < 1.29 is 9.53 Å². The fraction of sp³-hybridized carbons (Fsp3) is 0.462. The predicted molar refractivity (Wildman–Crippen MR) is 63.3 cm³/mol. The number of carbonyl (C=O) groups excluding carboxylic acids is 1. The second-order valence-corrected chi connectivity index (χ2v) is 4.31. The molecule has 0 aliphatic carbocycles. The molecule has 3 heteroatoms. The van der Waals surface area contributed by atoms with Crippen molar-refractivity contribution in [2.24, 2.45) is 11.8 Å². The molecular formula is C13H17NO2. The van der Waals surface area contributed by atoms with Crippen molar-refractivity contribution in [2.75, 3.05) is 19.0 Å². The fourth-order valence-corrected chi connectivity index (χ4v) is 2.20. The minimum absolute atomic E-state index is 0.0501. The first-order valence-electron chi connectivity index (χ1n) is 5.62. The van der Waals surface area contributed by atoms with Crippen LogP contribution in [0.25, 0.3) is 0 Å². The zero-order valence-corrected chi connectivity index (χ0v) is 9.69. The first-order chi connectivity index (χ1) is 7.72. The topological polar surface area (TPSA) is 38.3 Å². The summed E-state index contributed by atoms with van der Waals surface area (Å²) >= 11 is 0. The third-order valence-electron chi connectivity index (χ3n) is 3.33. The average Bonchev–Trinajstić information content (AvgIpc) is 2.36. The highest BCUT2D eigenvalue weighted by atomic mass is 16.5. The number of carbonyl (C=O) groups is 1. The summed E-state index contributed by atoms with van der Waals surface area (Å²) in [5, 5.41) is 3.36. The molecule has 1 aliphatic rings. The molecule has 0 amide bonds. The second kappa shape index (κ2) is 4.56. The van der Waals surface area contributed by atoms with Gasteiger partial charge in [-0.15, -0.1) is 0 Å². The number of methoxy groups -OCH3 is 1. The Hall–Kier alpha value is -1.51. The van der Waals surface area contributed by atoms with Crippen LogP contribution in [0, 0.1) is 11.8 Å². The molecule has 1 heterocycles. The first kappa shape index (κ1) is 11.0. The minimum Gasteiger partial charge on any atom is -0.469 e. The summed E-state index contributed by atoms with van der Waals surface area (Å²) in [6.07, 6.45) is 0.944. The Labute approximate surface area is 95.8 Å². The monoisotopic (exact) mass is 219 g/mol. The zero-order valence-electron chi connectivity index (χ0n) is 9.69. The maximum atomic E-state index is 11.5. The SMILES string of the molecule is COC(=O)C(C)C1CNc2ccccc2C1. The van der Waals surface area contributed by atoms with Crippen molar-refractivity contribution in [3.05, 3.63) is 29.8 Å². The van der Waals surface area contributed by atoms with E-state index in [9.17, 15) is 4.79 Å². The summed E-state index contributed by atoms with van der Waals surface area (Å²) < 4.78 is 4.79. The predicted octanol–water partition coefficient (Wildman–Crippen LogP) is 2.08. The van der Waals surface area contributed by atoms with Crippen LogP contribution in [0.3, 0.4) is 0 Å². The van der Waals surface area contributed by atoms with Crippen molar-refractivity contribution in [1.82, 2.24) is 0 Å². The number of para-hydroxylation sites is 1. The molecular weight excluding hydrogens is 202 g/mol. The number of hydrogen-bond donors (Lipinski definition) is 1. The Morgan fingerprint density at radius 3 is 3.00 bits per heavy atom. The van der Waals surface area contributed by atoms with E-state index in [2.05, 4.69) is 17.4 Å². The lowest BCUT2D eigenvalue weighted by Gasteiger charge is -2.29. The van der Waals surface area contributed by atoms with Gasteiger partial charge < -0.3 is 10.1 Å². The van der Waals surface area contributed by atoms with Gasteiger partial charge in [0.25, 0.3) is 0 Å². The fourth-order valence-electron chi connectivity index (χ4n) is 2.20. The molecule has 1 aromatic rings. The normalized spacial score (nSPS) is 20.5. The highest BCUT2D eigenvalue weighted by Crippen LogP contribution is 2.28. The van der Waals surface area contributed by atoms with Crippen molar-refractivity contribution in [3.63, 3.8) is 0 Å². The molecule has 0 saturated carbocycles. The lowest BCUT2D eigenvalue weighted by Crippen LogP contribution is -2.32. The number of nitrogens with one attached hydrogen (secondary N) is 1. The van der Waals surface area contributed by atoms with E-state index in [4.69, 9.17) is 4.74 Å². The van der Waals surface area contributed by atoms with Crippen LogP contribution in [0.5, 0.6) is 0 Å². The molecule has 0 saturated heterocycles. The maximum absolute atomic E-state index is 11.5. The number of rotatable bonds is 2. The molecule has 86 valence electrons. The van der Waals surface area contributed by atoms with Crippen molar-refractivity contribution >= 4 is 11.7 Å². The Morgan fingerprint density at radius 2 is 2.25 bits per heavy atom. The molecule has 1 N–H and O–H groups in total. The molecule has 2 atom stereocenters. The van der Waals surface area contributed by atoms with Gasteiger partial charge in [0.2, 0.25) is 0 Å². The van der Waals surface area contributed by atoms with Crippen molar-refractivity contribution in [3.8, 4) is 0 Å². The standard InChI is InChI=1S/C13H17NO2/c1-9(13(15)16-2)11-7-10-5-3-4-6-12(10)14-8-11/h3-6,9,11,14H,7-8H2,1-2H3. The van der Waals surface area contributed by atoms with Crippen LogP contribution in [0.2, 0.25) is 0 Å². The van der Waals surface area contributed by atoms with E-state index in [0.717, 1.165) is 13.0 Å². The molecule has 2 rings (SSSR count). The van der Waals surface area contributed by atoms with Gasteiger partial charge in [-0.1, -0.05) is 25.1 Å². The summed E-state index contributed by atoms with van der Waals surface area (Å²) in [5.74, 6) is 0.152. The summed E-state index contributed by atoms with van der Waals surface area (Å²) in [5.41, 5.74) is 2.48. The van der Waals surface area contributed by atoms with Crippen LogP contribution in [-0.4, -0.2) is 19.6 Å². The van der Waals surface area contributed by atoms with Gasteiger partial charge in [-0.3, -0.25) is 4.79 Å². The van der Waals surface area contributed by atoms with Gasteiger partial charge in [-0.05, 0) is 24.0 Å². The molecule has 2 unspecified atom stereocenters. The molecule has 1 aliphatic heterocycles. The molecule has 0 radical (unpaired) electrons. The third kappa shape index (κ3) is 2.03. The average molecular weight is 219 g/mol. The van der Waals surface area contributed by atoms with Gasteiger partial charge in [-0.2, -0.15) is 0 Å². The van der Waals surface area contributed by atoms with Gasteiger partial charge in [0.15, 0.2) is 0 Å². The van der Waals surface area contributed by atoms with Gasteiger partial charge in [0.05, 0.1) is 13.0 Å². The van der Waals surface area contributed by atoms with Crippen LogP contribution in [-0.2, 0) is 16.0 Å². The molecule has 0 aromatic heterocycles. The third-order valence-corrected chi connectivity index (χ3v) is 3.33. The molecule has 0 bridgehead atoms. The summed E-state index contributed by atoms with van der Waals surface area (Å²) in [6.45, 7) is 2.78. The molecule has 1 aromatic carbocycles. The quantitative estimate of drug-likeness (QED) is 0.774. The Bertz CT molecular complexity index is 389. The van der Waals surface area contributed by atoms with E-state index in [0.29, 0.717) is 5.92 Å². The van der Waals surface area contributed by atoms with Crippen LogP contribution < -0.4 is 5.32 Å². The van der Waals surface area contributed by atoms with Crippen LogP contribution in [0.4, 0.5) is 5.69 Å². The second-order valence-electron chi connectivity index (χ2n) is 4.31. The molecule has 3 nitrogen and oxygen atoms in total. The number of benzene rings is 1. The maximum Gasteiger partial charge on any atom is 0.308 e. The molecule has 0 fully saturated rings. The van der Waals surface area contributed by atoms with Gasteiger partial charge in [0.1, 0.15) is 0 Å². The van der Waals surface area contributed by atoms with Crippen LogP contribution in [0.1, 0.15) is 12.5 Å². The van der Waals surface area contributed by atoms with Crippen molar-refractivity contribution in [1.29, 1.82) is 0 Å². The highest BCUT2D eigenvalue weighted by Gasteiger charge is 2.28. The van der Waals surface area contributed by atoms with E-state index in [1.165, 1.54) is 18.4 Å². The van der Waals surface area contributed by atoms with E-state index in [1.54, 1.807) is 0 Å². The number of fused-ring (bicyclic) bond motifs is 1. The van der Waals surface area contributed by atoms with E-state index >= 15 is 0 Å². The van der Waals surface area contributed by atoms with Crippen LogP contribution >= 0.6 is 0 Å². The lowest BCUT2D eigenvalue weighted by atomic mass is 9.85. The lowest BCUT2D eigenvalue weighted by molar-refractivity contribution is -0.146. The Balaban J connectivity index is 2.10. The Morgan fingerprint density at radius 1 is 1.50 bits per heavy atom. The number of anilines is 1. The summed E-state index contributed by atoms with van der Waals surface area (Å²) in [4.78, 5) is 11.5. The number of hydrogen-bond acceptors (Lipinski definition) is 3.